The van der Waals surface area contributed by atoms with Gasteiger partial charge < -0.3 is 9.80 Å². The van der Waals surface area contributed by atoms with Gasteiger partial charge in [0.2, 0.25) is 0 Å². The molecule has 0 spiro atoms. The van der Waals surface area contributed by atoms with E-state index in [4.69, 9.17) is 0 Å². The molecule has 18 heavy (non-hydrogen) atoms. The number of anilines is 1. The number of hydrogen-bond acceptors (Lipinski definition) is 4. The number of piperazine rings is 1. The van der Waals surface area contributed by atoms with Crippen molar-refractivity contribution in [2.45, 2.75) is 0 Å². The Morgan fingerprint density at radius 1 is 1.06 bits per heavy atom. The van der Waals surface area contributed by atoms with Gasteiger partial charge in [0.15, 0.2) is 0 Å². The fourth-order valence-electron chi connectivity index (χ4n) is 2.30. The van der Waals surface area contributed by atoms with Crippen molar-refractivity contribution in [3.8, 4) is 11.3 Å². The molecule has 0 N–H and O–H groups in total. The van der Waals surface area contributed by atoms with Crippen LogP contribution in [0.4, 0.5) is 5.69 Å². The van der Waals surface area contributed by atoms with Crippen molar-refractivity contribution >= 4 is 17.2 Å². The highest BCUT2D eigenvalue weighted by atomic mass is 32.1. The molecule has 1 aromatic carbocycles. The summed E-state index contributed by atoms with van der Waals surface area (Å²) in [5.74, 6) is 0. The van der Waals surface area contributed by atoms with E-state index in [-0.39, 0.29) is 0 Å². The Labute approximate surface area is 112 Å². The molecule has 0 amide bonds. The third-order valence-electron chi connectivity index (χ3n) is 3.44. The summed E-state index contributed by atoms with van der Waals surface area (Å²) in [6, 6.07) is 10.5. The molecule has 0 atom stereocenters. The molecule has 0 aliphatic carbocycles. The predicted octanol–water partition coefficient (Wildman–Crippen LogP) is 2.56. The molecule has 0 bridgehead atoms. The Morgan fingerprint density at radius 3 is 2.50 bits per heavy atom. The van der Waals surface area contributed by atoms with Crippen LogP contribution in [0.5, 0.6) is 0 Å². The monoisotopic (exact) mass is 259 g/mol. The van der Waals surface area contributed by atoms with Crippen molar-refractivity contribution in [1.82, 2.24) is 9.27 Å². The summed E-state index contributed by atoms with van der Waals surface area (Å²) in [5.41, 5.74) is 3.64. The van der Waals surface area contributed by atoms with Crippen molar-refractivity contribution in [1.29, 1.82) is 0 Å². The van der Waals surface area contributed by atoms with Crippen LogP contribution in [0, 0.1) is 0 Å². The average Bonchev–Trinajstić information content (AvgIpc) is 2.90. The molecule has 2 heterocycles. The maximum Gasteiger partial charge on any atom is 0.107 e. The fraction of sp³-hybridized carbons (Fsp3) is 0.357. The second-order valence-electron chi connectivity index (χ2n) is 4.70. The lowest BCUT2D eigenvalue weighted by Gasteiger charge is -2.33. The van der Waals surface area contributed by atoms with Crippen LogP contribution >= 0.6 is 11.5 Å². The third-order valence-corrected chi connectivity index (χ3v) is 4.06. The number of aromatic nitrogens is 1. The van der Waals surface area contributed by atoms with Crippen molar-refractivity contribution in [2.75, 3.05) is 38.1 Å². The Kier molecular flexibility index (Phi) is 3.30. The van der Waals surface area contributed by atoms with Gasteiger partial charge in [-0.15, -0.1) is 0 Å². The molecular formula is C14H17N3S. The van der Waals surface area contributed by atoms with Gasteiger partial charge in [-0.1, -0.05) is 30.3 Å². The van der Waals surface area contributed by atoms with Crippen LogP contribution in [0.15, 0.2) is 35.7 Å². The first-order chi connectivity index (χ1) is 8.84. The summed E-state index contributed by atoms with van der Waals surface area (Å²) in [6.45, 7) is 4.44. The maximum absolute atomic E-state index is 4.57. The van der Waals surface area contributed by atoms with Gasteiger partial charge in [-0.3, -0.25) is 0 Å². The van der Waals surface area contributed by atoms with Gasteiger partial charge in [-0.25, -0.2) is 0 Å². The van der Waals surface area contributed by atoms with Crippen LogP contribution < -0.4 is 4.90 Å². The van der Waals surface area contributed by atoms with Crippen LogP contribution in [0.3, 0.4) is 0 Å². The van der Waals surface area contributed by atoms with E-state index in [1.807, 2.05) is 6.07 Å². The van der Waals surface area contributed by atoms with Gasteiger partial charge in [-0.05, 0) is 18.6 Å². The Morgan fingerprint density at radius 2 is 1.78 bits per heavy atom. The van der Waals surface area contributed by atoms with Crippen LogP contribution in [0.1, 0.15) is 0 Å². The highest BCUT2D eigenvalue weighted by molar-refractivity contribution is 7.04. The number of benzene rings is 1. The first-order valence-electron chi connectivity index (χ1n) is 6.28. The summed E-state index contributed by atoms with van der Waals surface area (Å²) >= 11 is 1.55. The molecule has 0 radical (unpaired) electrons. The van der Waals surface area contributed by atoms with Gasteiger partial charge in [0.1, 0.15) is 5.69 Å². The number of nitrogens with zero attached hydrogens (tertiary/aromatic N) is 3. The van der Waals surface area contributed by atoms with Crippen LogP contribution in [0.25, 0.3) is 11.3 Å². The van der Waals surface area contributed by atoms with E-state index in [0.29, 0.717) is 0 Å². The largest absolute Gasteiger partial charge is 0.366 e. The van der Waals surface area contributed by atoms with Crippen molar-refractivity contribution in [3.63, 3.8) is 0 Å². The summed E-state index contributed by atoms with van der Waals surface area (Å²) in [7, 11) is 2.18. The molecule has 1 fully saturated rings. The second kappa shape index (κ2) is 5.08. The van der Waals surface area contributed by atoms with Gasteiger partial charge in [-0.2, -0.15) is 4.37 Å². The minimum Gasteiger partial charge on any atom is -0.366 e. The Bertz CT molecular complexity index is 501. The maximum atomic E-state index is 4.57. The zero-order valence-electron chi connectivity index (χ0n) is 10.5. The van der Waals surface area contributed by atoms with Crippen LogP contribution in [-0.2, 0) is 0 Å². The standard InChI is InChI=1S/C14H17N3S/c1-16-7-9-17(10-8-16)13-11-18-15-14(13)12-5-3-2-4-6-12/h2-6,11H,7-10H2,1H3. The van der Waals surface area contributed by atoms with Crippen molar-refractivity contribution in [3.05, 3.63) is 35.7 Å². The van der Waals surface area contributed by atoms with Crippen molar-refractivity contribution in [2.24, 2.45) is 0 Å². The smallest absolute Gasteiger partial charge is 0.107 e. The van der Waals surface area contributed by atoms with E-state index in [9.17, 15) is 0 Å². The predicted molar refractivity (Wildman–Crippen MR) is 77.3 cm³/mol. The average molecular weight is 259 g/mol. The lowest BCUT2D eigenvalue weighted by molar-refractivity contribution is 0.313. The SMILES string of the molecule is CN1CCN(c2csnc2-c2ccccc2)CC1. The zero-order valence-corrected chi connectivity index (χ0v) is 11.4. The van der Waals surface area contributed by atoms with Crippen LogP contribution in [0.2, 0.25) is 0 Å². The minimum absolute atomic E-state index is 1.09. The molecule has 0 unspecified atom stereocenters. The van der Waals surface area contributed by atoms with Gasteiger partial charge in [0, 0.05) is 37.1 Å². The molecule has 1 saturated heterocycles. The van der Waals surface area contributed by atoms with Gasteiger partial charge in [0.25, 0.3) is 0 Å². The Hall–Kier alpha value is -1.39. The summed E-state index contributed by atoms with van der Waals surface area (Å²) in [4.78, 5) is 4.82. The molecular weight excluding hydrogens is 242 g/mol. The van der Waals surface area contributed by atoms with E-state index in [1.165, 1.54) is 11.3 Å². The van der Waals surface area contributed by atoms with E-state index in [2.05, 4.69) is 50.9 Å². The molecule has 3 rings (SSSR count). The molecule has 1 aliphatic rings. The molecule has 1 aromatic heterocycles. The van der Waals surface area contributed by atoms with Gasteiger partial charge in [0.05, 0.1) is 5.69 Å². The Balaban J connectivity index is 1.88. The summed E-state index contributed by atoms with van der Waals surface area (Å²) in [6.07, 6.45) is 0. The van der Waals surface area contributed by atoms with E-state index < -0.39 is 0 Å². The second-order valence-corrected chi connectivity index (χ2v) is 5.33. The van der Waals surface area contributed by atoms with E-state index in [0.717, 1.165) is 31.9 Å². The highest BCUT2D eigenvalue weighted by Gasteiger charge is 2.19. The molecule has 94 valence electrons. The van der Waals surface area contributed by atoms with E-state index >= 15 is 0 Å². The molecule has 0 saturated carbocycles. The number of likely N-dealkylation sites (N-methyl/N-ethyl adjacent to an activating group) is 1. The first-order valence-corrected chi connectivity index (χ1v) is 7.11. The van der Waals surface area contributed by atoms with Crippen molar-refractivity contribution < 1.29 is 0 Å². The van der Waals surface area contributed by atoms with E-state index in [1.54, 1.807) is 11.5 Å². The first kappa shape index (κ1) is 11.7. The van der Waals surface area contributed by atoms with Gasteiger partial charge >= 0.3 is 0 Å². The lowest BCUT2D eigenvalue weighted by Crippen LogP contribution is -2.44. The molecule has 2 aromatic rings. The molecule has 3 nitrogen and oxygen atoms in total. The zero-order chi connectivity index (χ0) is 12.4. The topological polar surface area (TPSA) is 19.4 Å². The highest BCUT2D eigenvalue weighted by Crippen LogP contribution is 2.31. The molecule has 1 aliphatic heterocycles. The lowest BCUT2D eigenvalue weighted by atomic mass is 10.1. The minimum atomic E-state index is 1.09. The van der Waals surface area contributed by atoms with Crippen LogP contribution in [-0.4, -0.2) is 42.5 Å². The fourth-order valence-corrected chi connectivity index (χ4v) is 3.02. The number of rotatable bonds is 2. The number of hydrogen-bond donors (Lipinski definition) is 0. The summed E-state index contributed by atoms with van der Waals surface area (Å²) < 4.78 is 4.57. The normalized spacial score (nSPS) is 17.1. The molecule has 4 heteroatoms. The summed E-state index contributed by atoms with van der Waals surface area (Å²) in [5, 5.41) is 2.17. The third kappa shape index (κ3) is 2.26. The quantitative estimate of drug-likeness (QED) is 0.826.